The van der Waals surface area contributed by atoms with E-state index in [1.165, 1.54) is 32.4 Å². The Morgan fingerprint density at radius 3 is 2.59 bits per heavy atom. The Hall–Kier alpha value is -2.68. The summed E-state index contributed by atoms with van der Waals surface area (Å²) in [6.45, 7) is -0.282. The lowest BCUT2D eigenvalue weighted by molar-refractivity contribution is -0.384. The zero-order valence-corrected chi connectivity index (χ0v) is 12.1. The highest BCUT2D eigenvalue weighted by atomic mass is 16.6. The maximum Gasteiger partial charge on any atom is 0.326 e. The smallest absolute Gasteiger partial charge is 0.326 e. The van der Waals surface area contributed by atoms with Crippen molar-refractivity contribution < 1.29 is 29.1 Å². The van der Waals surface area contributed by atoms with E-state index in [2.05, 4.69) is 10.1 Å². The summed E-state index contributed by atoms with van der Waals surface area (Å²) in [5.74, 6) is -1.56. The summed E-state index contributed by atoms with van der Waals surface area (Å²) in [5, 5.41) is 22.2. The molecular weight excluding hydrogens is 296 g/mol. The van der Waals surface area contributed by atoms with Gasteiger partial charge in [0.2, 0.25) is 5.91 Å². The first-order valence-corrected chi connectivity index (χ1v) is 6.21. The second-order valence-corrected chi connectivity index (χ2v) is 4.35. The zero-order chi connectivity index (χ0) is 16.7. The van der Waals surface area contributed by atoms with Gasteiger partial charge in [-0.2, -0.15) is 0 Å². The third-order valence-electron chi connectivity index (χ3n) is 2.81. The number of nitro benzene ring substituents is 1. The molecule has 1 aromatic carbocycles. The average molecular weight is 312 g/mol. The Bertz CT molecular complexity index is 574. The summed E-state index contributed by atoms with van der Waals surface area (Å²) in [4.78, 5) is 32.9. The number of aliphatic carboxylic acids is 1. The number of non-ortho nitro benzene ring substituents is 1. The molecule has 1 atom stereocenters. The highest BCUT2D eigenvalue weighted by molar-refractivity contribution is 5.84. The molecule has 0 heterocycles. The number of ether oxygens (including phenoxy) is 2. The molecule has 0 aliphatic rings. The van der Waals surface area contributed by atoms with E-state index in [1.54, 1.807) is 0 Å². The van der Waals surface area contributed by atoms with Crippen molar-refractivity contribution in [3.05, 3.63) is 33.9 Å². The van der Waals surface area contributed by atoms with Crippen LogP contribution in [0.3, 0.4) is 0 Å². The number of nitrogens with zero attached hydrogens (tertiary/aromatic N) is 1. The van der Waals surface area contributed by atoms with Gasteiger partial charge in [0.05, 0.1) is 12.0 Å². The van der Waals surface area contributed by atoms with Gasteiger partial charge in [0.1, 0.15) is 18.4 Å². The lowest BCUT2D eigenvalue weighted by Crippen LogP contribution is -2.43. The minimum atomic E-state index is -1.27. The Morgan fingerprint density at radius 2 is 2.09 bits per heavy atom. The summed E-state index contributed by atoms with van der Waals surface area (Å²) < 4.78 is 9.67. The van der Waals surface area contributed by atoms with Crippen molar-refractivity contribution in [2.45, 2.75) is 12.5 Å². The fourth-order valence-corrected chi connectivity index (χ4v) is 1.83. The molecule has 0 saturated carbocycles. The summed E-state index contributed by atoms with van der Waals surface area (Å²) in [6.07, 6.45) is -0.157. The number of hydrogen-bond acceptors (Lipinski definition) is 6. The Morgan fingerprint density at radius 1 is 1.41 bits per heavy atom. The second-order valence-electron chi connectivity index (χ2n) is 4.35. The van der Waals surface area contributed by atoms with Crippen LogP contribution in [0.1, 0.15) is 5.56 Å². The molecule has 0 fully saturated rings. The van der Waals surface area contributed by atoms with Gasteiger partial charge in [-0.15, -0.1) is 0 Å². The molecule has 0 spiro atoms. The molecule has 0 unspecified atom stereocenters. The molecule has 0 saturated heterocycles. The molecule has 1 aromatic rings. The third-order valence-corrected chi connectivity index (χ3v) is 2.81. The molecule has 0 aliphatic carbocycles. The first kappa shape index (κ1) is 17.4. The minimum Gasteiger partial charge on any atom is -0.496 e. The van der Waals surface area contributed by atoms with E-state index in [9.17, 15) is 19.7 Å². The molecule has 120 valence electrons. The zero-order valence-electron chi connectivity index (χ0n) is 12.1. The monoisotopic (exact) mass is 312 g/mol. The summed E-state index contributed by atoms with van der Waals surface area (Å²) in [5.41, 5.74) is 0.116. The molecule has 0 bridgehead atoms. The number of amides is 1. The van der Waals surface area contributed by atoms with Crippen LogP contribution in [0.4, 0.5) is 5.69 Å². The number of carbonyl (C=O) groups excluding carboxylic acids is 1. The van der Waals surface area contributed by atoms with Gasteiger partial charge in [-0.25, -0.2) is 4.79 Å². The second kappa shape index (κ2) is 7.93. The largest absolute Gasteiger partial charge is 0.496 e. The van der Waals surface area contributed by atoms with Crippen LogP contribution in [-0.2, 0) is 20.7 Å². The van der Waals surface area contributed by atoms with E-state index in [4.69, 9.17) is 9.84 Å². The van der Waals surface area contributed by atoms with E-state index in [1.807, 2.05) is 0 Å². The van der Waals surface area contributed by atoms with Gasteiger partial charge in [0.25, 0.3) is 5.69 Å². The average Bonchev–Trinajstić information content (AvgIpc) is 2.46. The molecule has 9 nitrogen and oxygen atoms in total. The normalized spacial score (nSPS) is 11.5. The molecule has 0 aliphatic heterocycles. The summed E-state index contributed by atoms with van der Waals surface area (Å²) >= 11 is 0. The maximum absolute atomic E-state index is 11.4. The highest BCUT2D eigenvalue weighted by Crippen LogP contribution is 2.25. The summed E-state index contributed by atoms with van der Waals surface area (Å²) in [6, 6.07) is 2.60. The van der Waals surface area contributed by atoms with Crippen molar-refractivity contribution in [1.82, 2.24) is 5.32 Å². The van der Waals surface area contributed by atoms with Crippen molar-refractivity contribution in [2.24, 2.45) is 0 Å². The number of carbonyl (C=O) groups is 2. The standard InChI is InChI=1S/C13H16N2O7/c1-21-7-12(16)14-10(13(17)18)6-8-5-9(15(19)20)3-4-11(8)22-2/h3-5,10H,6-7H2,1-2H3,(H,14,16)(H,17,18)/t10-/m1/s1. The van der Waals surface area contributed by atoms with Crippen LogP contribution < -0.4 is 10.1 Å². The van der Waals surface area contributed by atoms with Crippen molar-refractivity contribution >= 4 is 17.6 Å². The van der Waals surface area contributed by atoms with Crippen LogP contribution in [0.5, 0.6) is 5.75 Å². The fraction of sp³-hybridized carbons (Fsp3) is 0.385. The predicted molar refractivity (Wildman–Crippen MR) is 74.8 cm³/mol. The molecule has 0 aromatic heterocycles. The van der Waals surface area contributed by atoms with E-state index >= 15 is 0 Å². The minimum absolute atomic E-state index is 0.157. The topological polar surface area (TPSA) is 128 Å². The SMILES string of the molecule is COCC(=O)N[C@H](Cc1cc([N+](=O)[O-])ccc1OC)C(=O)O. The van der Waals surface area contributed by atoms with E-state index in [0.29, 0.717) is 11.3 Å². The first-order valence-electron chi connectivity index (χ1n) is 6.21. The van der Waals surface area contributed by atoms with Gasteiger partial charge in [-0.1, -0.05) is 0 Å². The number of hydrogen-bond donors (Lipinski definition) is 2. The van der Waals surface area contributed by atoms with Crippen LogP contribution in [-0.4, -0.2) is 48.8 Å². The summed E-state index contributed by atoms with van der Waals surface area (Å²) in [7, 11) is 2.67. The quantitative estimate of drug-likeness (QED) is 0.524. The Kier molecular flexibility index (Phi) is 6.26. The number of carboxylic acid groups (broad SMARTS) is 1. The van der Waals surface area contributed by atoms with Crippen molar-refractivity contribution in [1.29, 1.82) is 0 Å². The molecule has 1 rings (SSSR count). The van der Waals surface area contributed by atoms with Crippen LogP contribution >= 0.6 is 0 Å². The Balaban J connectivity index is 3.01. The fourth-order valence-electron chi connectivity index (χ4n) is 1.83. The van der Waals surface area contributed by atoms with E-state index < -0.39 is 22.8 Å². The number of nitro groups is 1. The van der Waals surface area contributed by atoms with Gasteiger partial charge in [-0.05, 0) is 6.07 Å². The molecular formula is C13H16N2O7. The maximum atomic E-state index is 11.4. The van der Waals surface area contributed by atoms with Crippen LogP contribution in [0.25, 0.3) is 0 Å². The van der Waals surface area contributed by atoms with Crippen molar-refractivity contribution in [3.63, 3.8) is 0 Å². The molecule has 9 heteroatoms. The van der Waals surface area contributed by atoms with Crippen molar-refractivity contribution in [3.8, 4) is 5.75 Å². The van der Waals surface area contributed by atoms with Crippen molar-refractivity contribution in [2.75, 3.05) is 20.8 Å². The first-order chi connectivity index (χ1) is 10.4. The number of methoxy groups -OCH3 is 2. The van der Waals surface area contributed by atoms with Crippen LogP contribution in [0.15, 0.2) is 18.2 Å². The van der Waals surface area contributed by atoms with Crippen LogP contribution in [0, 0.1) is 10.1 Å². The van der Waals surface area contributed by atoms with Gasteiger partial charge in [0.15, 0.2) is 0 Å². The highest BCUT2D eigenvalue weighted by Gasteiger charge is 2.23. The molecule has 0 radical (unpaired) electrons. The predicted octanol–water partition coefficient (Wildman–Crippen LogP) is 0.362. The molecule has 22 heavy (non-hydrogen) atoms. The van der Waals surface area contributed by atoms with Gasteiger partial charge in [0, 0.05) is 31.2 Å². The number of nitrogens with one attached hydrogen (secondary N) is 1. The Labute approximate surface area is 126 Å². The number of benzene rings is 1. The van der Waals surface area contributed by atoms with E-state index in [-0.39, 0.29) is 18.7 Å². The lowest BCUT2D eigenvalue weighted by Gasteiger charge is -2.16. The number of carboxylic acids is 1. The van der Waals surface area contributed by atoms with E-state index in [0.717, 1.165) is 0 Å². The van der Waals surface area contributed by atoms with Gasteiger partial charge in [-0.3, -0.25) is 14.9 Å². The van der Waals surface area contributed by atoms with Crippen LogP contribution in [0.2, 0.25) is 0 Å². The van der Waals surface area contributed by atoms with Gasteiger partial charge >= 0.3 is 5.97 Å². The third kappa shape index (κ3) is 4.70. The lowest BCUT2D eigenvalue weighted by atomic mass is 10.0. The van der Waals surface area contributed by atoms with Gasteiger partial charge < -0.3 is 19.9 Å². The molecule has 2 N–H and O–H groups in total. The number of rotatable bonds is 8. The molecule has 1 amide bonds.